The van der Waals surface area contributed by atoms with Crippen molar-refractivity contribution in [1.82, 2.24) is 73.1 Å². The number of aromatic amines is 5. The number of carbonyl (C=O) groups is 1. The molecule has 0 unspecified atom stereocenters. The van der Waals surface area contributed by atoms with Crippen molar-refractivity contribution in [2.24, 2.45) is 0 Å². The van der Waals surface area contributed by atoms with Crippen LogP contribution < -0.4 is 9.80 Å². The zero-order valence-electron chi connectivity index (χ0n) is 55.4. The van der Waals surface area contributed by atoms with E-state index < -0.39 is 40.1 Å². The van der Waals surface area contributed by atoms with Gasteiger partial charge in [-0.2, -0.15) is 29.8 Å². The van der Waals surface area contributed by atoms with E-state index in [1.807, 2.05) is 52.7 Å². The molecule has 0 bridgehead atoms. The third kappa shape index (κ3) is 17.1. The number of piperidine rings is 3. The summed E-state index contributed by atoms with van der Waals surface area (Å²) in [6.45, 7) is 12.5. The standard InChI is InChI=1S/C14H19N3O2S.2C13H16ClN3O2S.C13H16N4O.C12H15FN4O2S/c1-10-3-4-12(13-9-15-16-14(10)13)11-5-7-17(8-6-11)20(2,18)19;1-20(18,19)17-4-2-9(3-5-17)11-6-10(14)7-13-12(11)8-15-16-13;1-20(18,19)17-6-4-9(5-7-17)10-2-3-12(14)13-11(10)8-15-16-13;1-10(18)16-4-6-17(7-5-16)12-2-3-13-11(8-12)9-14-15-13;1-20(18,19)17-4-2-16(3-5-17)12-7-9(13)6-11-10(12)8-14-15-11/h3-4,9,11H,5-8H2,1-2H3,(H,15,16);6-9H,2-5H2,1H3,(H,15,16);2-3,8-9H,4-7H2,1H3,(H,15,16);2-3,8-9H,4-7H2,1H3,(H,14,15);6-8H,2-5H2,1H3,(H,14,15). The Kier molecular flexibility index (Phi) is 22.2. The Hall–Kier alpha value is -7.33. The summed E-state index contributed by atoms with van der Waals surface area (Å²) in [5.74, 6) is 0.924. The van der Waals surface area contributed by atoms with Crippen LogP contribution in [0.5, 0.6) is 0 Å². The number of amides is 1. The molecule has 0 aliphatic carbocycles. The summed E-state index contributed by atoms with van der Waals surface area (Å²) < 4.78 is 112. The van der Waals surface area contributed by atoms with Gasteiger partial charge in [0.2, 0.25) is 46.0 Å². The van der Waals surface area contributed by atoms with E-state index in [0.717, 1.165) is 120 Å². The summed E-state index contributed by atoms with van der Waals surface area (Å²) in [6, 6.07) is 21.2. The van der Waals surface area contributed by atoms with Gasteiger partial charge in [0.05, 0.1) is 94.3 Å². The smallest absolute Gasteiger partial charge is 0.219 e. The predicted molar refractivity (Wildman–Crippen MR) is 383 cm³/mol. The van der Waals surface area contributed by atoms with Crippen LogP contribution in [-0.4, -0.2) is 229 Å². The fourth-order valence-corrected chi connectivity index (χ4v) is 17.6. The lowest BCUT2D eigenvalue weighted by Gasteiger charge is -2.35. The van der Waals surface area contributed by atoms with Crippen LogP contribution in [0.1, 0.15) is 85.5 Å². The van der Waals surface area contributed by atoms with Gasteiger partial charge in [0.25, 0.3) is 0 Å². The number of hydrogen-bond donors (Lipinski definition) is 5. The van der Waals surface area contributed by atoms with Gasteiger partial charge in [-0.25, -0.2) is 51.0 Å². The predicted octanol–water partition coefficient (Wildman–Crippen LogP) is 8.74. The molecule has 5 aliphatic heterocycles. The summed E-state index contributed by atoms with van der Waals surface area (Å²) >= 11 is 12.3. The molecule has 5 aromatic heterocycles. The highest BCUT2D eigenvalue weighted by atomic mass is 35.5. The number of sulfonamides is 4. The summed E-state index contributed by atoms with van der Waals surface area (Å²) in [5, 5.41) is 41.4. The van der Waals surface area contributed by atoms with Crippen LogP contribution >= 0.6 is 23.2 Å². The van der Waals surface area contributed by atoms with E-state index in [1.165, 1.54) is 69.2 Å². The Morgan fingerprint density at radius 1 is 0.449 bits per heavy atom. The number of H-pyrrole nitrogens is 5. The Balaban J connectivity index is 0.000000124. The highest BCUT2D eigenvalue weighted by Gasteiger charge is 2.31. The molecular formula is C65H82Cl2FN17O9S4. The van der Waals surface area contributed by atoms with Gasteiger partial charge >= 0.3 is 0 Å². The molecular weight excluding hydrogens is 1380 g/mol. The summed E-state index contributed by atoms with van der Waals surface area (Å²) in [4.78, 5) is 17.5. The summed E-state index contributed by atoms with van der Waals surface area (Å²) in [5.41, 5.74) is 11.4. The molecule has 526 valence electrons. The molecule has 0 atom stereocenters. The van der Waals surface area contributed by atoms with Crippen molar-refractivity contribution in [3.8, 4) is 0 Å². The maximum atomic E-state index is 13.6. The summed E-state index contributed by atoms with van der Waals surface area (Å²) in [6.07, 6.45) is 19.0. The third-order valence-corrected chi connectivity index (χ3v) is 24.9. The minimum Gasteiger partial charge on any atom is -0.368 e. The van der Waals surface area contributed by atoms with Crippen LogP contribution in [0.3, 0.4) is 0 Å². The maximum Gasteiger partial charge on any atom is 0.219 e. The van der Waals surface area contributed by atoms with Crippen molar-refractivity contribution in [3.05, 3.63) is 136 Å². The molecule has 0 spiro atoms. The maximum absolute atomic E-state index is 13.6. The number of aryl methyl sites for hydroxylation is 1. The highest BCUT2D eigenvalue weighted by molar-refractivity contribution is 7.89. The number of anilines is 2. The van der Waals surface area contributed by atoms with Crippen LogP contribution in [0.25, 0.3) is 54.5 Å². The lowest BCUT2D eigenvalue weighted by Crippen LogP contribution is -2.48. The zero-order valence-corrected chi connectivity index (χ0v) is 60.2. The first-order valence-corrected chi connectivity index (χ1v) is 40.5. The van der Waals surface area contributed by atoms with Gasteiger partial charge in [-0.1, -0.05) is 41.4 Å². The fraction of sp³-hybridized carbons (Fsp3) is 0.446. The van der Waals surface area contributed by atoms with Gasteiger partial charge in [-0.05, 0) is 134 Å². The van der Waals surface area contributed by atoms with Crippen molar-refractivity contribution in [1.29, 1.82) is 0 Å². The minimum atomic E-state index is -3.16. The molecule has 0 radical (unpaired) electrons. The van der Waals surface area contributed by atoms with E-state index in [2.05, 4.69) is 93.1 Å². The minimum absolute atomic E-state index is 0.167. The molecule has 10 aromatic rings. The molecule has 15 rings (SSSR count). The molecule has 33 heteroatoms. The number of fused-ring (bicyclic) bond motifs is 5. The van der Waals surface area contributed by atoms with Gasteiger partial charge in [-0.15, -0.1) is 0 Å². The second-order valence-corrected chi connectivity index (χ2v) is 34.4. The van der Waals surface area contributed by atoms with E-state index >= 15 is 0 Å². The quantitative estimate of drug-likeness (QED) is 0.0901. The molecule has 1 amide bonds. The van der Waals surface area contributed by atoms with Crippen LogP contribution in [-0.2, 0) is 44.9 Å². The first-order chi connectivity index (χ1) is 46.6. The van der Waals surface area contributed by atoms with Crippen LogP contribution in [0.2, 0.25) is 10.0 Å². The second-order valence-electron chi connectivity index (χ2n) is 25.6. The second kappa shape index (κ2) is 30.2. The Bertz CT molecular complexity index is 4680. The van der Waals surface area contributed by atoms with Crippen LogP contribution in [0.4, 0.5) is 15.8 Å². The Morgan fingerprint density at radius 2 is 0.888 bits per heavy atom. The lowest BCUT2D eigenvalue weighted by molar-refractivity contribution is -0.129. The number of nitrogens with one attached hydrogen (secondary N) is 5. The van der Waals surface area contributed by atoms with E-state index in [9.17, 15) is 42.9 Å². The average Bonchev–Trinajstić information content (AvgIpc) is 1.47. The first-order valence-electron chi connectivity index (χ1n) is 32.4. The number of piperazine rings is 2. The number of hydrogen-bond acceptors (Lipinski definition) is 16. The topological polar surface area (TPSA) is 320 Å². The van der Waals surface area contributed by atoms with Gasteiger partial charge in [-0.3, -0.25) is 30.3 Å². The largest absolute Gasteiger partial charge is 0.368 e. The molecule has 5 fully saturated rings. The van der Waals surface area contributed by atoms with E-state index in [4.69, 9.17) is 23.2 Å². The number of aromatic nitrogens is 10. The van der Waals surface area contributed by atoms with E-state index in [1.54, 1.807) is 32.2 Å². The highest BCUT2D eigenvalue weighted by Crippen LogP contribution is 2.38. The van der Waals surface area contributed by atoms with Crippen LogP contribution in [0.15, 0.2) is 97.7 Å². The van der Waals surface area contributed by atoms with Crippen molar-refractivity contribution in [3.63, 3.8) is 0 Å². The molecule has 5 aromatic carbocycles. The fourth-order valence-electron chi connectivity index (χ4n) is 13.7. The number of halogens is 3. The van der Waals surface area contributed by atoms with Gasteiger partial charge in [0.1, 0.15) is 5.82 Å². The van der Waals surface area contributed by atoms with Crippen molar-refractivity contribution < 1.29 is 42.9 Å². The lowest BCUT2D eigenvalue weighted by atomic mass is 9.87. The number of carbonyl (C=O) groups excluding carboxylic acids is 1. The first kappa shape index (κ1) is 71.9. The Labute approximate surface area is 579 Å². The molecule has 98 heavy (non-hydrogen) atoms. The van der Waals surface area contributed by atoms with Gasteiger partial charge in [0.15, 0.2) is 0 Å². The summed E-state index contributed by atoms with van der Waals surface area (Å²) in [7, 11) is -12.4. The van der Waals surface area contributed by atoms with E-state index in [0.29, 0.717) is 98.8 Å². The molecule has 0 saturated carbocycles. The van der Waals surface area contributed by atoms with Gasteiger partial charge < -0.3 is 14.7 Å². The molecule has 5 N–H and O–H groups in total. The molecule has 5 aliphatic rings. The zero-order chi connectivity index (χ0) is 69.8. The van der Waals surface area contributed by atoms with Crippen molar-refractivity contribution in [2.75, 3.05) is 126 Å². The number of nitrogens with zero attached hydrogens (tertiary/aromatic N) is 12. The van der Waals surface area contributed by atoms with Crippen molar-refractivity contribution >= 4 is 135 Å². The van der Waals surface area contributed by atoms with Gasteiger partial charge in [0, 0.05) is 136 Å². The van der Waals surface area contributed by atoms with Crippen molar-refractivity contribution in [2.45, 2.75) is 70.1 Å². The molecule has 10 heterocycles. The molecule has 26 nitrogen and oxygen atoms in total. The van der Waals surface area contributed by atoms with Crippen LogP contribution in [0, 0.1) is 12.7 Å². The third-order valence-electron chi connectivity index (χ3n) is 19.2. The SMILES string of the molecule is CC(=O)N1CCN(c2ccc3[nH]ncc3c2)CC1.CS(=O)(=O)N1CCC(c2cc(Cl)cc3[nH]ncc23)CC1.CS(=O)(=O)N1CCC(c2ccc(Cl)c3[nH]ncc23)CC1.CS(=O)(=O)N1CCN(c2cc(F)cc3[nH]ncc23)CC1.Cc1ccc(C2CCN(S(C)(=O)=O)CC2)c2cn[nH]c12. The average molecular weight is 1460 g/mol. The molecule has 5 saturated heterocycles. The number of benzene rings is 5. The monoisotopic (exact) mass is 1460 g/mol. The number of rotatable bonds is 9. The Morgan fingerprint density at radius 3 is 1.43 bits per heavy atom. The van der Waals surface area contributed by atoms with E-state index in [-0.39, 0.29) is 11.7 Å². The normalized spacial score (nSPS) is 18.1.